The number of hydrogen-bond acceptors (Lipinski definition) is 3. The Morgan fingerprint density at radius 3 is 2.83 bits per heavy atom. The van der Waals surface area contributed by atoms with Crippen molar-refractivity contribution in [1.29, 1.82) is 0 Å². The summed E-state index contributed by atoms with van der Waals surface area (Å²) < 4.78 is 0. The first-order valence-corrected chi connectivity index (χ1v) is 4.21. The zero-order valence-electron chi connectivity index (χ0n) is 6.53. The summed E-state index contributed by atoms with van der Waals surface area (Å²) >= 11 is 1.24. The number of carboxylic acid groups (broad SMARTS) is 1. The van der Waals surface area contributed by atoms with Crippen LogP contribution in [-0.2, 0) is 11.2 Å². The van der Waals surface area contributed by atoms with Gasteiger partial charge in [-0.05, 0) is 18.6 Å². The van der Waals surface area contributed by atoms with Crippen LogP contribution in [-0.4, -0.2) is 17.4 Å². The lowest BCUT2D eigenvalue weighted by Crippen LogP contribution is -1.98. The summed E-state index contributed by atoms with van der Waals surface area (Å²) in [5.41, 5.74) is 0.879. The van der Waals surface area contributed by atoms with Crippen molar-refractivity contribution in [3.05, 3.63) is 21.4 Å². The molecule has 0 aliphatic carbocycles. The lowest BCUT2D eigenvalue weighted by molar-refractivity contribution is -0.136. The smallest absolute Gasteiger partial charge is 0.308 e. The van der Waals surface area contributed by atoms with E-state index < -0.39 is 5.97 Å². The van der Waals surface area contributed by atoms with E-state index in [2.05, 4.69) is 0 Å². The van der Waals surface area contributed by atoms with Crippen LogP contribution in [0.5, 0.6) is 0 Å². The molecule has 0 spiro atoms. The van der Waals surface area contributed by atoms with Gasteiger partial charge in [-0.25, -0.2) is 0 Å². The summed E-state index contributed by atoms with van der Waals surface area (Å²) in [5, 5.41) is 8.49. The number of carbonyl (C=O) groups is 2. The maximum absolute atomic E-state index is 10.3. The third-order valence-electron chi connectivity index (χ3n) is 1.47. The summed E-state index contributed by atoms with van der Waals surface area (Å²) in [6, 6.07) is 1.70. The molecule has 0 amide bonds. The van der Waals surface area contributed by atoms with Crippen LogP contribution in [0, 0.1) is 6.92 Å². The van der Waals surface area contributed by atoms with Crippen molar-refractivity contribution >= 4 is 23.6 Å². The third kappa shape index (κ3) is 1.92. The van der Waals surface area contributed by atoms with Crippen molar-refractivity contribution < 1.29 is 14.7 Å². The number of aryl methyl sites for hydroxylation is 1. The second-order valence-corrected chi connectivity index (χ2v) is 3.61. The molecule has 0 radical (unpaired) electrons. The first kappa shape index (κ1) is 8.93. The maximum Gasteiger partial charge on any atom is 0.308 e. The Morgan fingerprint density at radius 2 is 2.42 bits per heavy atom. The molecule has 0 aliphatic rings. The molecule has 64 valence electrons. The molecule has 0 saturated heterocycles. The zero-order chi connectivity index (χ0) is 9.14. The highest BCUT2D eigenvalue weighted by molar-refractivity contribution is 7.13. The second-order valence-electron chi connectivity index (χ2n) is 2.44. The molecule has 0 fully saturated rings. The SMILES string of the molecule is Cc1cc(C=O)sc1CC(=O)O. The van der Waals surface area contributed by atoms with Crippen LogP contribution >= 0.6 is 11.3 Å². The minimum atomic E-state index is -0.864. The van der Waals surface area contributed by atoms with Crippen LogP contribution in [0.3, 0.4) is 0 Å². The lowest BCUT2D eigenvalue weighted by atomic mass is 10.2. The largest absolute Gasteiger partial charge is 0.481 e. The van der Waals surface area contributed by atoms with Gasteiger partial charge in [0, 0.05) is 4.88 Å². The fourth-order valence-electron chi connectivity index (χ4n) is 0.917. The minimum Gasteiger partial charge on any atom is -0.481 e. The summed E-state index contributed by atoms with van der Waals surface area (Å²) in [4.78, 5) is 22.0. The third-order valence-corrected chi connectivity index (χ3v) is 2.63. The average Bonchev–Trinajstić information content (AvgIpc) is 2.31. The summed E-state index contributed by atoms with van der Waals surface area (Å²) in [7, 11) is 0. The number of thiophene rings is 1. The highest BCUT2D eigenvalue weighted by Gasteiger charge is 2.08. The minimum absolute atomic E-state index is 0.00431. The van der Waals surface area contributed by atoms with Crippen LogP contribution in [0.15, 0.2) is 6.07 Å². The van der Waals surface area contributed by atoms with Crippen molar-refractivity contribution in [1.82, 2.24) is 0 Å². The fourth-order valence-corrected chi connectivity index (χ4v) is 1.90. The molecule has 0 unspecified atom stereocenters. The second kappa shape index (κ2) is 3.49. The van der Waals surface area contributed by atoms with Gasteiger partial charge in [-0.3, -0.25) is 9.59 Å². The highest BCUT2D eigenvalue weighted by Crippen LogP contribution is 2.20. The van der Waals surface area contributed by atoms with Crippen LogP contribution in [0.25, 0.3) is 0 Å². The Morgan fingerprint density at radius 1 is 1.75 bits per heavy atom. The van der Waals surface area contributed by atoms with Crippen molar-refractivity contribution in [3.63, 3.8) is 0 Å². The molecule has 0 bridgehead atoms. The number of carbonyl (C=O) groups excluding carboxylic acids is 1. The standard InChI is InChI=1S/C8H8O3S/c1-5-2-6(4-9)12-7(5)3-8(10)11/h2,4H,3H2,1H3,(H,10,11). The van der Waals surface area contributed by atoms with Gasteiger partial charge in [-0.15, -0.1) is 11.3 Å². The van der Waals surface area contributed by atoms with Gasteiger partial charge in [-0.1, -0.05) is 0 Å². The zero-order valence-corrected chi connectivity index (χ0v) is 7.35. The number of rotatable bonds is 3. The van der Waals surface area contributed by atoms with Crippen molar-refractivity contribution in [2.75, 3.05) is 0 Å². The van der Waals surface area contributed by atoms with Gasteiger partial charge in [-0.2, -0.15) is 0 Å². The van der Waals surface area contributed by atoms with Crippen LogP contribution < -0.4 is 0 Å². The molecular formula is C8H8O3S. The molecule has 0 aliphatic heterocycles. The predicted octanol–water partition coefficient (Wildman–Crippen LogP) is 1.50. The Bertz CT molecular complexity index is 314. The van der Waals surface area contributed by atoms with Crippen LogP contribution in [0.2, 0.25) is 0 Å². The van der Waals surface area contributed by atoms with Crippen LogP contribution in [0.4, 0.5) is 0 Å². The van der Waals surface area contributed by atoms with Gasteiger partial charge >= 0.3 is 5.97 Å². The van der Waals surface area contributed by atoms with Crippen molar-refractivity contribution in [3.8, 4) is 0 Å². The first-order valence-electron chi connectivity index (χ1n) is 3.39. The van der Waals surface area contributed by atoms with E-state index in [0.717, 1.165) is 16.7 Å². The number of aldehydes is 1. The molecule has 12 heavy (non-hydrogen) atoms. The van der Waals surface area contributed by atoms with E-state index in [9.17, 15) is 9.59 Å². The normalized spacial score (nSPS) is 9.75. The number of aliphatic carboxylic acids is 1. The quantitative estimate of drug-likeness (QED) is 0.724. The molecule has 0 atom stereocenters. The van der Waals surface area contributed by atoms with E-state index >= 15 is 0 Å². The van der Waals surface area contributed by atoms with Gasteiger partial charge in [0.1, 0.15) is 0 Å². The molecule has 1 N–H and O–H groups in total. The van der Waals surface area contributed by atoms with Gasteiger partial charge in [0.15, 0.2) is 6.29 Å². The van der Waals surface area contributed by atoms with Crippen molar-refractivity contribution in [2.24, 2.45) is 0 Å². The van der Waals surface area contributed by atoms with Gasteiger partial charge in [0.05, 0.1) is 11.3 Å². The topological polar surface area (TPSA) is 54.4 Å². The first-order chi connectivity index (χ1) is 5.63. The number of carboxylic acids is 1. The molecule has 3 nitrogen and oxygen atoms in total. The van der Waals surface area contributed by atoms with E-state index in [0.29, 0.717) is 4.88 Å². The van der Waals surface area contributed by atoms with Crippen LogP contribution in [0.1, 0.15) is 20.1 Å². The maximum atomic E-state index is 10.3. The molecule has 1 heterocycles. The van der Waals surface area contributed by atoms with Gasteiger partial charge in [0.25, 0.3) is 0 Å². The Balaban J connectivity index is 2.91. The fraction of sp³-hybridized carbons (Fsp3) is 0.250. The Kier molecular flexibility index (Phi) is 2.60. The van der Waals surface area contributed by atoms with E-state index in [1.807, 2.05) is 6.92 Å². The Labute approximate surface area is 73.6 Å². The average molecular weight is 184 g/mol. The van der Waals surface area contributed by atoms with Gasteiger partial charge in [0.2, 0.25) is 0 Å². The van der Waals surface area contributed by atoms with Crippen molar-refractivity contribution in [2.45, 2.75) is 13.3 Å². The molecule has 0 saturated carbocycles. The monoisotopic (exact) mass is 184 g/mol. The molecule has 1 aromatic heterocycles. The van der Waals surface area contributed by atoms with Gasteiger partial charge < -0.3 is 5.11 Å². The molecule has 4 heteroatoms. The molecule has 1 aromatic rings. The highest BCUT2D eigenvalue weighted by atomic mass is 32.1. The summed E-state index contributed by atoms with van der Waals surface area (Å²) in [5.74, 6) is -0.864. The molecular weight excluding hydrogens is 176 g/mol. The van der Waals surface area contributed by atoms with E-state index in [-0.39, 0.29) is 6.42 Å². The lowest BCUT2D eigenvalue weighted by Gasteiger charge is -1.91. The predicted molar refractivity (Wildman–Crippen MR) is 45.8 cm³/mol. The number of hydrogen-bond donors (Lipinski definition) is 1. The summed E-state index contributed by atoms with van der Waals surface area (Å²) in [6.45, 7) is 1.81. The van der Waals surface area contributed by atoms with E-state index in [1.54, 1.807) is 6.07 Å². The molecule has 1 rings (SSSR count). The Hall–Kier alpha value is -1.16. The van der Waals surface area contributed by atoms with E-state index in [4.69, 9.17) is 5.11 Å². The molecule has 0 aromatic carbocycles. The van der Waals surface area contributed by atoms with E-state index in [1.165, 1.54) is 11.3 Å². The summed E-state index contributed by atoms with van der Waals surface area (Å²) in [6.07, 6.45) is 0.743.